The number of rotatable bonds is 2. The zero-order chi connectivity index (χ0) is 12.6. The van der Waals surface area contributed by atoms with E-state index in [0.717, 1.165) is 18.5 Å². The minimum absolute atomic E-state index is 0.197. The monoisotopic (exact) mass is 425 g/mol. The number of nitrogens with two attached hydrogens (primary N) is 1. The molecule has 17 heavy (non-hydrogen) atoms. The Morgan fingerprint density at radius 3 is 2.65 bits per heavy atom. The fourth-order valence-electron chi connectivity index (χ4n) is 1.54. The highest BCUT2D eigenvalue weighted by Gasteiger charge is 2.16. The van der Waals surface area contributed by atoms with Crippen LogP contribution >= 0.6 is 49.9 Å². The molecule has 0 aliphatic rings. The first-order valence-electron chi connectivity index (χ1n) is 4.95. The van der Waals surface area contributed by atoms with Crippen LogP contribution in [0.25, 0.3) is 0 Å². The zero-order valence-electron chi connectivity index (χ0n) is 9.01. The number of thiophene rings is 1. The SMILES string of the molecule is Cc1sc(C(N)c2ccc(F)cc2I)cc1Br. The first kappa shape index (κ1) is 13.5. The number of hydrogen-bond acceptors (Lipinski definition) is 2. The van der Waals surface area contributed by atoms with E-state index in [-0.39, 0.29) is 11.9 Å². The largest absolute Gasteiger partial charge is 0.320 e. The lowest BCUT2D eigenvalue weighted by Crippen LogP contribution is -2.11. The average molecular weight is 426 g/mol. The fourth-order valence-corrected chi connectivity index (χ4v) is 3.94. The first-order valence-corrected chi connectivity index (χ1v) is 7.64. The van der Waals surface area contributed by atoms with Crippen molar-refractivity contribution >= 4 is 49.9 Å². The third-order valence-corrected chi connectivity index (χ3v) is 5.63. The average Bonchev–Trinajstić information content (AvgIpc) is 2.58. The van der Waals surface area contributed by atoms with Crippen molar-refractivity contribution in [2.75, 3.05) is 0 Å². The van der Waals surface area contributed by atoms with Crippen molar-refractivity contribution in [2.45, 2.75) is 13.0 Å². The molecule has 90 valence electrons. The van der Waals surface area contributed by atoms with Gasteiger partial charge in [-0.25, -0.2) is 4.39 Å². The Morgan fingerprint density at radius 2 is 2.12 bits per heavy atom. The van der Waals surface area contributed by atoms with Crippen LogP contribution in [0.15, 0.2) is 28.7 Å². The topological polar surface area (TPSA) is 26.0 Å². The minimum Gasteiger partial charge on any atom is -0.320 e. The van der Waals surface area contributed by atoms with Crippen LogP contribution in [-0.4, -0.2) is 0 Å². The van der Waals surface area contributed by atoms with E-state index in [9.17, 15) is 4.39 Å². The second kappa shape index (κ2) is 5.34. The molecule has 0 spiro atoms. The van der Waals surface area contributed by atoms with Gasteiger partial charge >= 0.3 is 0 Å². The van der Waals surface area contributed by atoms with E-state index in [2.05, 4.69) is 38.5 Å². The van der Waals surface area contributed by atoms with Gasteiger partial charge in [0.05, 0.1) is 6.04 Å². The van der Waals surface area contributed by atoms with Gasteiger partial charge in [0.1, 0.15) is 5.82 Å². The van der Waals surface area contributed by atoms with Crippen LogP contribution < -0.4 is 5.73 Å². The lowest BCUT2D eigenvalue weighted by molar-refractivity contribution is 0.625. The molecule has 2 aromatic rings. The maximum atomic E-state index is 13.0. The summed E-state index contributed by atoms with van der Waals surface area (Å²) in [7, 11) is 0. The summed E-state index contributed by atoms with van der Waals surface area (Å²) in [6.45, 7) is 2.04. The molecular weight excluding hydrogens is 416 g/mol. The van der Waals surface area contributed by atoms with Gasteiger partial charge in [-0.1, -0.05) is 6.07 Å². The van der Waals surface area contributed by atoms with Crippen molar-refractivity contribution < 1.29 is 4.39 Å². The van der Waals surface area contributed by atoms with Crippen molar-refractivity contribution in [3.63, 3.8) is 0 Å². The molecule has 0 aliphatic heterocycles. The van der Waals surface area contributed by atoms with Crippen molar-refractivity contribution in [3.05, 3.63) is 53.4 Å². The Morgan fingerprint density at radius 1 is 1.41 bits per heavy atom. The molecule has 0 aliphatic carbocycles. The second-order valence-corrected chi connectivity index (χ2v) is 7.00. The Kier molecular flexibility index (Phi) is 4.22. The van der Waals surface area contributed by atoms with Gasteiger partial charge < -0.3 is 5.73 Å². The van der Waals surface area contributed by atoms with E-state index < -0.39 is 0 Å². The molecule has 0 radical (unpaired) electrons. The highest BCUT2D eigenvalue weighted by molar-refractivity contribution is 14.1. The standard InChI is InChI=1S/C12H10BrFINS/c1-6-9(13)5-11(17-6)12(16)8-3-2-7(14)4-10(8)15/h2-5,12H,16H2,1H3. The molecule has 2 N–H and O–H groups in total. The molecule has 1 aromatic heterocycles. The smallest absolute Gasteiger partial charge is 0.124 e. The van der Waals surface area contributed by atoms with Crippen LogP contribution in [0.5, 0.6) is 0 Å². The number of aryl methyl sites for hydroxylation is 1. The van der Waals surface area contributed by atoms with Gasteiger partial charge in [0, 0.05) is 17.8 Å². The molecular formula is C12H10BrFINS. The van der Waals surface area contributed by atoms with E-state index in [4.69, 9.17) is 5.73 Å². The van der Waals surface area contributed by atoms with E-state index in [1.807, 2.05) is 13.0 Å². The van der Waals surface area contributed by atoms with Gasteiger partial charge in [0.15, 0.2) is 0 Å². The first-order chi connectivity index (χ1) is 7.99. The summed E-state index contributed by atoms with van der Waals surface area (Å²) in [4.78, 5) is 2.28. The molecule has 2 rings (SSSR count). The van der Waals surface area contributed by atoms with E-state index in [0.29, 0.717) is 0 Å². The van der Waals surface area contributed by atoms with Crippen LogP contribution in [0.1, 0.15) is 21.4 Å². The summed E-state index contributed by atoms with van der Waals surface area (Å²) in [6.07, 6.45) is 0. The molecule has 0 bridgehead atoms. The minimum atomic E-state index is -0.228. The summed E-state index contributed by atoms with van der Waals surface area (Å²) in [5, 5.41) is 0. The normalized spacial score (nSPS) is 12.8. The van der Waals surface area contributed by atoms with Crippen LogP contribution in [0.4, 0.5) is 4.39 Å². The van der Waals surface area contributed by atoms with Crippen molar-refractivity contribution in [1.29, 1.82) is 0 Å². The third-order valence-electron chi connectivity index (χ3n) is 2.48. The third kappa shape index (κ3) is 2.89. The predicted molar refractivity (Wildman–Crippen MR) is 81.9 cm³/mol. The van der Waals surface area contributed by atoms with Gasteiger partial charge in [-0.3, -0.25) is 0 Å². The molecule has 0 amide bonds. The fraction of sp³-hybridized carbons (Fsp3) is 0.167. The van der Waals surface area contributed by atoms with Crippen LogP contribution in [0, 0.1) is 16.3 Å². The van der Waals surface area contributed by atoms with Gasteiger partial charge in [0.2, 0.25) is 0 Å². The molecule has 0 saturated heterocycles. The van der Waals surface area contributed by atoms with Crippen LogP contribution in [0.2, 0.25) is 0 Å². The molecule has 1 aromatic carbocycles. The highest BCUT2D eigenvalue weighted by atomic mass is 127. The number of halogens is 3. The summed E-state index contributed by atoms with van der Waals surface area (Å²) < 4.78 is 15.0. The molecule has 1 heterocycles. The number of hydrogen-bond donors (Lipinski definition) is 1. The molecule has 1 atom stereocenters. The lowest BCUT2D eigenvalue weighted by atomic mass is 10.1. The van der Waals surface area contributed by atoms with Crippen molar-refractivity contribution in [1.82, 2.24) is 0 Å². The Labute approximate surface area is 125 Å². The maximum Gasteiger partial charge on any atom is 0.124 e. The second-order valence-electron chi connectivity index (χ2n) is 3.70. The zero-order valence-corrected chi connectivity index (χ0v) is 13.6. The van der Waals surface area contributed by atoms with Crippen LogP contribution in [0.3, 0.4) is 0 Å². The molecule has 0 saturated carbocycles. The quantitative estimate of drug-likeness (QED) is 0.698. The van der Waals surface area contributed by atoms with E-state index in [1.54, 1.807) is 17.4 Å². The summed E-state index contributed by atoms with van der Waals surface area (Å²) in [5.74, 6) is -0.228. The van der Waals surface area contributed by atoms with E-state index in [1.165, 1.54) is 17.0 Å². The molecule has 5 heteroatoms. The Balaban J connectivity index is 2.39. The van der Waals surface area contributed by atoms with Gasteiger partial charge in [-0.2, -0.15) is 0 Å². The van der Waals surface area contributed by atoms with Gasteiger partial charge in [-0.15, -0.1) is 11.3 Å². The molecule has 1 unspecified atom stereocenters. The lowest BCUT2D eigenvalue weighted by Gasteiger charge is -2.12. The summed E-state index contributed by atoms with van der Waals surface area (Å²) >= 11 is 7.26. The van der Waals surface area contributed by atoms with Gasteiger partial charge in [-0.05, 0) is 69.2 Å². The summed E-state index contributed by atoms with van der Waals surface area (Å²) in [6, 6.07) is 6.55. The highest BCUT2D eigenvalue weighted by Crippen LogP contribution is 2.33. The summed E-state index contributed by atoms with van der Waals surface area (Å²) in [5.41, 5.74) is 7.17. The maximum absolute atomic E-state index is 13.0. The van der Waals surface area contributed by atoms with Crippen LogP contribution in [-0.2, 0) is 0 Å². The predicted octanol–water partition coefficient (Wildman–Crippen LogP) is 4.61. The van der Waals surface area contributed by atoms with E-state index >= 15 is 0 Å². The van der Waals surface area contributed by atoms with Crippen molar-refractivity contribution in [2.24, 2.45) is 5.73 Å². The van der Waals surface area contributed by atoms with Gasteiger partial charge in [0.25, 0.3) is 0 Å². The molecule has 1 nitrogen and oxygen atoms in total. The molecule has 0 fully saturated rings. The Hall–Kier alpha value is 0.0200. The van der Waals surface area contributed by atoms with Crippen molar-refractivity contribution in [3.8, 4) is 0 Å². The Bertz CT molecular complexity index is 536. The number of benzene rings is 1.